The number of nitrogens with zero attached hydrogens (tertiary/aromatic N) is 1. The molecule has 0 radical (unpaired) electrons. The van der Waals surface area contributed by atoms with E-state index in [1.165, 1.54) is 0 Å². The molecule has 0 aliphatic carbocycles. The summed E-state index contributed by atoms with van der Waals surface area (Å²) in [5.41, 5.74) is 6.93. The van der Waals surface area contributed by atoms with Crippen LogP contribution in [0.15, 0.2) is 4.42 Å². The Labute approximate surface area is 120 Å². The van der Waals surface area contributed by atoms with Gasteiger partial charge in [0.2, 0.25) is 0 Å². The van der Waals surface area contributed by atoms with Gasteiger partial charge in [-0.05, 0) is 34.6 Å². The Morgan fingerprint density at radius 1 is 1.35 bits per heavy atom. The van der Waals surface area contributed by atoms with Crippen LogP contribution in [0.25, 0.3) is 0 Å². The maximum Gasteiger partial charge on any atom is 0.257 e. The number of nitrogens with two attached hydrogens (primary N) is 1. The van der Waals surface area contributed by atoms with E-state index in [4.69, 9.17) is 14.9 Å². The van der Waals surface area contributed by atoms with Crippen molar-refractivity contribution in [3.8, 4) is 0 Å². The third-order valence-electron chi connectivity index (χ3n) is 3.81. The summed E-state index contributed by atoms with van der Waals surface area (Å²) in [4.78, 5) is 14.6. The number of carbonyl (C=O) groups is 1. The first-order valence-corrected chi connectivity index (χ1v) is 6.99. The molecule has 0 saturated carbocycles. The summed E-state index contributed by atoms with van der Waals surface area (Å²) in [6.07, 6.45) is -0.115. The minimum absolute atomic E-state index is 0.00618. The summed E-state index contributed by atoms with van der Waals surface area (Å²) in [7, 11) is 0. The van der Waals surface area contributed by atoms with Gasteiger partial charge in [0.25, 0.3) is 5.91 Å². The van der Waals surface area contributed by atoms with Crippen LogP contribution in [0.5, 0.6) is 0 Å². The van der Waals surface area contributed by atoms with Gasteiger partial charge in [0.15, 0.2) is 0 Å². The zero-order chi connectivity index (χ0) is 15.1. The van der Waals surface area contributed by atoms with Crippen molar-refractivity contribution in [2.24, 2.45) is 5.73 Å². The van der Waals surface area contributed by atoms with Crippen molar-refractivity contribution in [1.82, 2.24) is 4.90 Å². The average Bonchev–Trinajstić information content (AvgIpc) is 2.60. The first kappa shape index (κ1) is 15.1. The Balaban J connectivity index is 2.28. The first-order chi connectivity index (χ1) is 9.25. The summed E-state index contributed by atoms with van der Waals surface area (Å²) in [6, 6.07) is 0. The van der Waals surface area contributed by atoms with Crippen molar-refractivity contribution >= 4 is 5.91 Å². The monoisotopic (exact) mass is 280 g/mol. The Morgan fingerprint density at radius 3 is 2.50 bits per heavy atom. The molecule has 2 N–H and O–H groups in total. The predicted molar refractivity (Wildman–Crippen MR) is 76.8 cm³/mol. The maximum atomic E-state index is 12.8. The van der Waals surface area contributed by atoms with E-state index in [-0.39, 0.29) is 17.6 Å². The van der Waals surface area contributed by atoms with E-state index in [0.717, 1.165) is 11.3 Å². The highest BCUT2D eigenvalue weighted by Crippen LogP contribution is 2.26. The second-order valence-corrected chi connectivity index (χ2v) is 6.14. The largest absolute Gasteiger partial charge is 0.466 e. The molecule has 1 aliphatic heterocycles. The lowest BCUT2D eigenvalue weighted by molar-refractivity contribution is -0.122. The minimum atomic E-state index is -0.376. The molecular formula is C15H24N2O3. The van der Waals surface area contributed by atoms with E-state index in [1.807, 2.05) is 39.5 Å². The zero-order valence-electron chi connectivity index (χ0n) is 12.9. The lowest BCUT2D eigenvalue weighted by Gasteiger charge is -2.42. The Kier molecular flexibility index (Phi) is 3.93. The maximum absolute atomic E-state index is 12.8. The van der Waals surface area contributed by atoms with Crippen LogP contribution >= 0.6 is 0 Å². The van der Waals surface area contributed by atoms with Crippen LogP contribution in [0.4, 0.5) is 0 Å². The van der Waals surface area contributed by atoms with E-state index in [1.54, 1.807) is 0 Å². The summed E-state index contributed by atoms with van der Waals surface area (Å²) in [6.45, 7) is 11.1. The van der Waals surface area contributed by atoms with Gasteiger partial charge in [-0.25, -0.2) is 0 Å². The molecular weight excluding hydrogens is 256 g/mol. The number of hydrogen-bond donors (Lipinski definition) is 1. The molecule has 0 aromatic carbocycles. The first-order valence-electron chi connectivity index (χ1n) is 6.99. The molecule has 2 rings (SSSR count). The fourth-order valence-corrected chi connectivity index (χ4v) is 2.84. The summed E-state index contributed by atoms with van der Waals surface area (Å²) in [5, 5.41) is 0. The molecule has 1 aromatic heterocycles. The standard InChI is InChI=1S/C15H24N2O3/c1-9-10(2)19-11(3)13(9)14(18)17-7-12(6-16)20-15(4,5)8-17/h12H,6-8,16H2,1-5H3. The number of hydrogen-bond acceptors (Lipinski definition) is 4. The normalized spacial score (nSPS) is 22.1. The van der Waals surface area contributed by atoms with Gasteiger partial charge in [-0.1, -0.05) is 0 Å². The van der Waals surface area contributed by atoms with Gasteiger partial charge in [-0.2, -0.15) is 0 Å². The molecule has 5 heteroatoms. The van der Waals surface area contributed by atoms with Crippen LogP contribution < -0.4 is 5.73 Å². The van der Waals surface area contributed by atoms with Crippen molar-refractivity contribution in [2.75, 3.05) is 19.6 Å². The minimum Gasteiger partial charge on any atom is -0.466 e. The second kappa shape index (κ2) is 5.22. The van der Waals surface area contributed by atoms with Crippen LogP contribution in [-0.2, 0) is 4.74 Å². The summed E-state index contributed by atoms with van der Waals surface area (Å²) < 4.78 is 11.4. The third-order valence-corrected chi connectivity index (χ3v) is 3.81. The Morgan fingerprint density at radius 2 is 2.00 bits per heavy atom. The molecule has 5 nitrogen and oxygen atoms in total. The van der Waals surface area contributed by atoms with Crippen molar-refractivity contribution in [3.05, 3.63) is 22.6 Å². The number of amides is 1. The van der Waals surface area contributed by atoms with Gasteiger partial charge < -0.3 is 19.8 Å². The van der Waals surface area contributed by atoms with E-state index < -0.39 is 0 Å². The molecule has 2 heterocycles. The number of morpholine rings is 1. The van der Waals surface area contributed by atoms with Crippen molar-refractivity contribution < 1.29 is 13.9 Å². The third kappa shape index (κ3) is 2.74. The summed E-state index contributed by atoms with van der Waals surface area (Å²) >= 11 is 0. The lowest BCUT2D eigenvalue weighted by atomic mass is 10.0. The molecule has 1 aliphatic rings. The average molecular weight is 280 g/mol. The van der Waals surface area contributed by atoms with Crippen LogP contribution in [-0.4, -0.2) is 42.1 Å². The predicted octanol–water partition coefficient (Wildman–Crippen LogP) is 1.78. The molecule has 1 unspecified atom stereocenters. The fraction of sp³-hybridized carbons (Fsp3) is 0.667. The fourth-order valence-electron chi connectivity index (χ4n) is 2.84. The van der Waals surface area contributed by atoms with Gasteiger partial charge in [0, 0.05) is 25.2 Å². The molecule has 1 fully saturated rings. The molecule has 1 amide bonds. The van der Waals surface area contributed by atoms with Gasteiger partial charge in [-0.3, -0.25) is 4.79 Å². The quantitative estimate of drug-likeness (QED) is 0.896. The number of rotatable bonds is 2. The Hall–Kier alpha value is -1.33. The molecule has 1 atom stereocenters. The lowest BCUT2D eigenvalue weighted by Crippen LogP contribution is -2.56. The molecule has 20 heavy (non-hydrogen) atoms. The second-order valence-electron chi connectivity index (χ2n) is 6.14. The van der Waals surface area contributed by atoms with Gasteiger partial charge >= 0.3 is 0 Å². The highest BCUT2D eigenvalue weighted by atomic mass is 16.5. The number of ether oxygens (including phenoxy) is 1. The summed E-state index contributed by atoms with van der Waals surface area (Å²) in [5.74, 6) is 1.49. The molecule has 1 aromatic rings. The van der Waals surface area contributed by atoms with Gasteiger partial charge in [-0.15, -0.1) is 0 Å². The SMILES string of the molecule is Cc1oc(C)c(C(=O)N2CC(CN)OC(C)(C)C2)c1C. The van der Waals surface area contributed by atoms with Crippen molar-refractivity contribution in [2.45, 2.75) is 46.3 Å². The smallest absolute Gasteiger partial charge is 0.257 e. The molecule has 1 saturated heterocycles. The topological polar surface area (TPSA) is 68.7 Å². The van der Waals surface area contributed by atoms with Crippen LogP contribution in [0.3, 0.4) is 0 Å². The zero-order valence-corrected chi connectivity index (χ0v) is 12.9. The van der Waals surface area contributed by atoms with Crippen LogP contribution in [0.2, 0.25) is 0 Å². The van der Waals surface area contributed by atoms with Crippen LogP contribution in [0.1, 0.15) is 41.3 Å². The number of carbonyl (C=O) groups excluding carboxylic acids is 1. The van der Waals surface area contributed by atoms with Crippen molar-refractivity contribution in [3.63, 3.8) is 0 Å². The Bertz CT molecular complexity index is 519. The highest BCUT2D eigenvalue weighted by Gasteiger charge is 2.36. The highest BCUT2D eigenvalue weighted by molar-refractivity contribution is 5.97. The van der Waals surface area contributed by atoms with E-state index in [0.29, 0.717) is 31.0 Å². The molecule has 0 bridgehead atoms. The van der Waals surface area contributed by atoms with Gasteiger partial charge in [0.1, 0.15) is 11.5 Å². The van der Waals surface area contributed by atoms with E-state index in [2.05, 4.69) is 0 Å². The van der Waals surface area contributed by atoms with E-state index >= 15 is 0 Å². The molecule has 112 valence electrons. The number of furan rings is 1. The molecule has 0 spiro atoms. The van der Waals surface area contributed by atoms with Gasteiger partial charge in [0.05, 0.1) is 17.3 Å². The van der Waals surface area contributed by atoms with Crippen LogP contribution in [0, 0.1) is 20.8 Å². The van der Waals surface area contributed by atoms with E-state index in [9.17, 15) is 4.79 Å². The number of aryl methyl sites for hydroxylation is 2. The van der Waals surface area contributed by atoms with Crippen molar-refractivity contribution in [1.29, 1.82) is 0 Å².